The van der Waals surface area contributed by atoms with Crippen LogP contribution in [0.2, 0.25) is 0 Å². The predicted molar refractivity (Wildman–Crippen MR) is 104 cm³/mol. The average molecular weight is 459 g/mol. The molecule has 2 atom stereocenters. The first-order chi connectivity index (χ1) is 14.5. The number of carbonyl (C=O) groups excluding carboxylic acids is 6. The Bertz CT molecular complexity index is 759. The number of hydrogen-bond donors (Lipinski definition) is 0. The standard InChI is InChI=1S/C20H29NO11/c1-11(16(25)30-19(2,3)4)28-15(24)10-12(29-18(27)31-20(5,6)7)17(26)32-21-13(22)8-9-14(21)23/h11-12H,8-10H2,1-7H3. The van der Waals surface area contributed by atoms with Gasteiger partial charge in [-0.1, -0.05) is 0 Å². The lowest BCUT2D eigenvalue weighted by Crippen LogP contribution is -2.41. The monoisotopic (exact) mass is 459 g/mol. The zero-order chi connectivity index (χ0) is 24.9. The second-order valence-corrected chi connectivity index (χ2v) is 8.93. The first-order valence-electron chi connectivity index (χ1n) is 9.88. The van der Waals surface area contributed by atoms with Crippen LogP contribution >= 0.6 is 0 Å². The van der Waals surface area contributed by atoms with Crippen LogP contribution in [0.5, 0.6) is 0 Å². The second kappa shape index (κ2) is 10.4. The van der Waals surface area contributed by atoms with Crippen LogP contribution in [0.3, 0.4) is 0 Å². The minimum Gasteiger partial charge on any atom is -0.457 e. The van der Waals surface area contributed by atoms with Crippen LogP contribution in [-0.2, 0) is 47.8 Å². The van der Waals surface area contributed by atoms with E-state index in [2.05, 4.69) is 0 Å². The van der Waals surface area contributed by atoms with E-state index in [9.17, 15) is 28.8 Å². The molecular weight excluding hydrogens is 430 g/mol. The van der Waals surface area contributed by atoms with Gasteiger partial charge in [-0.3, -0.25) is 14.4 Å². The van der Waals surface area contributed by atoms with Crippen LogP contribution in [0.4, 0.5) is 4.79 Å². The van der Waals surface area contributed by atoms with Gasteiger partial charge in [-0.15, -0.1) is 5.06 Å². The number of esters is 2. The van der Waals surface area contributed by atoms with Gasteiger partial charge >= 0.3 is 24.1 Å². The Morgan fingerprint density at radius 3 is 1.81 bits per heavy atom. The van der Waals surface area contributed by atoms with Crippen molar-refractivity contribution in [2.24, 2.45) is 0 Å². The van der Waals surface area contributed by atoms with E-state index in [-0.39, 0.29) is 17.9 Å². The third-order valence-electron chi connectivity index (χ3n) is 3.48. The van der Waals surface area contributed by atoms with Gasteiger partial charge in [-0.05, 0) is 48.5 Å². The minimum absolute atomic E-state index is 0.154. The van der Waals surface area contributed by atoms with E-state index in [4.69, 9.17) is 23.8 Å². The summed E-state index contributed by atoms with van der Waals surface area (Å²) in [7, 11) is 0. The van der Waals surface area contributed by atoms with Gasteiger partial charge < -0.3 is 23.8 Å². The Hall–Kier alpha value is -3.18. The van der Waals surface area contributed by atoms with Crippen molar-refractivity contribution in [3.8, 4) is 0 Å². The van der Waals surface area contributed by atoms with Crippen molar-refractivity contribution in [2.45, 2.75) is 91.1 Å². The molecule has 0 aliphatic carbocycles. The van der Waals surface area contributed by atoms with Crippen LogP contribution < -0.4 is 0 Å². The van der Waals surface area contributed by atoms with Gasteiger partial charge in [0.1, 0.15) is 11.2 Å². The quantitative estimate of drug-likeness (QED) is 0.310. The van der Waals surface area contributed by atoms with Crippen molar-refractivity contribution in [2.75, 3.05) is 0 Å². The molecule has 0 saturated carbocycles. The summed E-state index contributed by atoms with van der Waals surface area (Å²) in [6.07, 6.45) is -5.71. The molecule has 0 spiro atoms. The Labute approximate surface area is 185 Å². The van der Waals surface area contributed by atoms with Crippen LogP contribution in [0, 0.1) is 0 Å². The van der Waals surface area contributed by atoms with E-state index in [1.807, 2.05) is 0 Å². The van der Waals surface area contributed by atoms with E-state index in [0.717, 1.165) is 0 Å². The highest BCUT2D eigenvalue weighted by molar-refractivity contribution is 6.02. The van der Waals surface area contributed by atoms with Crippen molar-refractivity contribution in [3.05, 3.63) is 0 Å². The third kappa shape index (κ3) is 9.31. The molecule has 0 bridgehead atoms. The van der Waals surface area contributed by atoms with Crippen LogP contribution in [0.15, 0.2) is 0 Å². The third-order valence-corrected chi connectivity index (χ3v) is 3.48. The highest BCUT2D eigenvalue weighted by atomic mass is 16.8. The molecule has 0 aromatic heterocycles. The van der Waals surface area contributed by atoms with Crippen molar-refractivity contribution < 1.29 is 52.6 Å². The van der Waals surface area contributed by atoms with E-state index in [1.165, 1.54) is 6.92 Å². The molecule has 12 nitrogen and oxygen atoms in total. The summed E-state index contributed by atoms with van der Waals surface area (Å²) in [5.74, 6) is -4.83. The molecule has 0 N–H and O–H groups in total. The maximum atomic E-state index is 12.4. The summed E-state index contributed by atoms with van der Waals surface area (Å²) in [5.41, 5.74) is -1.79. The topological polar surface area (TPSA) is 152 Å². The van der Waals surface area contributed by atoms with E-state index in [0.29, 0.717) is 0 Å². The zero-order valence-electron chi connectivity index (χ0n) is 19.2. The van der Waals surface area contributed by atoms with Crippen molar-refractivity contribution >= 4 is 35.9 Å². The molecule has 0 aromatic rings. The first-order valence-corrected chi connectivity index (χ1v) is 9.88. The lowest BCUT2D eigenvalue weighted by atomic mass is 10.2. The number of carbonyl (C=O) groups is 6. The largest absolute Gasteiger partial charge is 0.509 e. The maximum absolute atomic E-state index is 12.4. The molecular formula is C20H29NO11. The second-order valence-electron chi connectivity index (χ2n) is 8.93. The lowest BCUT2D eigenvalue weighted by Gasteiger charge is -2.24. The van der Waals surface area contributed by atoms with Gasteiger partial charge in [-0.25, -0.2) is 14.4 Å². The Morgan fingerprint density at radius 1 is 0.844 bits per heavy atom. The van der Waals surface area contributed by atoms with Crippen LogP contribution in [0.1, 0.15) is 67.7 Å². The normalized spacial score (nSPS) is 16.2. The van der Waals surface area contributed by atoms with Crippen molar-refractivity contribution in [3.63, 3.8) is 0 Å². The van der Waals surface area contributed by atoms with Gasteiger partial charge in [0.15, 0.2) is 6.10 Å². The summed E-state index contributed by atoms with van der Waals surface area (Å²) >= 11 is 0. The SMILES string of the molecule is CC(OC(=O)CC(OC(=O)OC(C)(C)C)C(=O)ON1C(=O)CCC1=O)C(=O)OC(C)(C)C. The van der Waals surface area contributed by atoms with Crippen LogP contribution in [0.25, 0.3) is 0 Å². The molecule has 1 rings (SSSR count). The predicted octanol–water partition coefficient (Wildman–Crippen LogP) is 1.58. The fraction of sp³-hybridized carbons (Fsp3) is 0.700. The molecule has 1 heterocycles. The van der Waals surface area contributed by atoms with Crippen LogP contribution in [-0.4, -0.2) is 64.4 Å². The molecule has 12 heteroatoms. The molecule has 2 unspecified atom stereocenters. The molecule has 180 valence electrons. The van der Waals surface area contributed by atoms with E-state index >= 15 is 0 Å². The van der Waals surface area contributed by atoms with E-state index < -0.39 is 65.7 Å². The molecule has 0 radical (unpaired) electrons. The highest BCUT2D eigenvalue weighted by Crippen LogP contribution is 2.17. The van der Waals surface area contributed by atoms with E-state index in [1.54, 1.807) is 41.5 Å². The summed E-state index contributed by atoms with van der Waals surface area (Å²) < 4.78 is 19.8. The molecule has 1 saturated heterocycles. The summed E-state index contributed by atoms with van der Waals surface area (Å²) in [5, 5.41) is 0.239. The zero-order valence-corrected chi connectivity index (χ0v) is 19.2. The van der Waals surface area contributed by atoms with Gasteiger partial charge in [-0.2, -0.15) is 0 Å². The van der Waals surface area contributed by atoms with Gasteiger partial charge in [0.05, 0.1) is 6.42 Å². The molecule has 1 aliphatic rings. The summed E-state index contributed by atoms with van der Waals surface area (Å²) in [4.78, 5) is 76.7. The molecule has 32 heavy (non-hydrogen) atoms. The number of hydroxylamine groups is 2. The highest BCUT2D eigenvalue weighted by Gasteiger charge is 2.38. The van der Waals surface area contributed by atoms with Crippen molar-refractivity contribution in [1.82, 2.24) is 5.06 Å². The van der Waals surface area contributed by atoms with Gasteiger partial charge in [0, 0.05) is 12.8 Å². The Balaban J connectivity index is 2.87. The number of amides is 2. The number of hydrogen-bond acceptors (Lipinski definition) is 11. The molecule has 0 aromatic carbocycles. The summed E-state index contributed by atoms with van der Waals surface area (Å²) in [6.45, 7) is 10.8. The number of rotatable bonds is 7. The lowest BCUT2D eigenvalue weighted by molar-refractivity contribution is -0.205. The number of ether oxygens (including phenoxy) is 4. The molecule has 1 aliphatic heterocycles. The van der Waals surface area contributed by atoms with Gasteiger partial charge in [0.25, 0.3) is 11.8 Å². The summed E-state index contributed by atoms with van der Waals surface area (Å²) in [6, 6.07) is 0. The average Bonchev–Trinajstić information content (AvgIpc) is 2.89. The Kier molecular flexibility index (Phi) is 8.75. The first kappa shape index (κ1) is 26.9. The smallest absolute Gasteiger partial charge is 0.457 e. The number of imide groups is 1. The Morgan fingerprint density at radius 2 is 1.34 bits per heavy atom. The fourth-order valence-corrected chi connectivity index (χ4v) is 2.20. The number of nitrogens with zero attached hydrogens (tertiary/aromatic N) is 1. The minimum atomic E-state index is -1.91. The maximum Gasteiger partial charge on any atom is 0.509 e. The molecule has 1 fully saturated rings. The molecule has 2 amide bonds. The van der Waals surface area contributed by atoms with Crippen molar-refractivity contribution in [1.29, 1.82) is 0 Å². The van der Waals surface area contributed by atoms with Gasteiger partial charge in [0.2, 0.25) is 6.10 Å². The fourth-order valence-electron chi connectivity index (χ4n) is 2.20.